The van der Waals surface area contributed by atoms with Crippen LogP contribution >= 0.6 is 0 Å². The van der Waals surface area contributed by atoms with Gasteiger partial charge in [-0.05, 0) is 36.8 Å². The number of carbonyl (C=O) groups is 1. The predicted octanol–water partition coefficient (Wildman–Crippen LogP) is 1.64. The highest BCUT2D eigenvalue weighted by Crippen LogP contribution is 2.15. The average Bonchev–Trinajstić information content (AvgIpc) is 3.28. The molecule has 9 nitrogen and oxygen atoms in total. The molecular weight excluding hydrogens is 370 g/mol. The SMILES string of the molecule is CC(NC(=O)CCn1nnc2ccccc2c1=O)c1ccc(-n2cncn2)cc1. The first-order valence-electron chi connectivity index (χ1n) is 9.19. The van der Waals surface area contributed by atoms with E-state index in [0.717, 1.165) is 11.3 Å². The Labute approximate surface area is 166 Å². The number of amides is 1. The maximum absolute atomic E-state index is 12.4. The lowest BCUT2D eigenvalue weighted by Gasteiger charge is -2.15. The van der Waals surface area contributed by atoms with E-state index in [0.29, 0.717) is 10.9 Å². The molecule has 2 heterocycles. The van der Waals surface area contributed by atoms with Gasteiger partial charge in [0.1, 0.15) is 18.2 Å². The summed E-state index contributed by atoms with van der Waals surface area (Å²) >= 11 is 0. The minimum absolute atomic E-state index is 0.133. The molecule has 146 valence electrons. The van der Waals surface area contributed by atoms with Crippen molar-refractivity contribution < 1.29 is 4.79 Å². The summed E-state index contributed by atoms with van der Waals surface area (Å²) in [4.78, 5) is 28.7. The monoisotopic (exact) mass is 389 g/mol. The molecule has 0 aliphatic heterocycles. The average molecular weight is 389 g/mol. The van der Waals surface area contributed by atoms with E-state index in [1.807, 2.05) is 31.2 Å². The second kappa shape index (κ2) is 8.01. The molecule has 0 spiro atoms. The van der Waals surface area contributed by atoms with Gasteiger partial charge in [0.25, 0.3) is 5.56 Å². The largest absolute Gasteiger partial charge is 0.350 e. The molecule has 1 unspecified atom stereocenters. The highest BCUT2D eigenvalue weighted by atomic mass is 16.2. The fourth-order valence-electron chi connectivity index (χ4n) is 3.03. The molecule has 0 saturated carbocycles. The van der Waals surface area contributed by atoms with Crippen LogP contribution in [0, 0.1) is 0 Å². The third-order valence-electron chi connectivity index (χ3n) is 4.63. The van der Waals surface area contributed by atoms with Crippen LogP contribution in [0.5, 0.6) is 0 Å². The molecule has 9 heteroatoms. The first kappa shape index (κ1) is 18.5. The van der Waals surface area contributed by atoms with Crippen LogP contribution in [-0.4, -0.2) is 35.7 Å². The number of hydrogen-bond donors (Lipinski definition) is 1. The van der Waals surface area contributed by atoms with Crippen LogP contribution in [-0.2, 0) is 11.3 Å². The molecule has 0 aliphatic rings. The van der Waals surface area contributed by atoms with Crippen molar-refractivity contribution in [2.75, 3.05) is 0 Å². The lowest BCUT2D eigenvalue weighted by molar-refractivity contribution is -0.122. The van der Waals surface area contributed by atoms with Gasteiger partial charge in [0.15, 0.2) is 0 Å². The molecule has 0 saturated heterocycles. The third kappa shape index (κ3) is 4.03. The lowest BCUT2D eigenvalue weighted by Crippen LogP contribution is -2.30. The van der Waals surface area contributed by atoms with Gasteiger partial charge in [-0.25, -0.2) is 14.3 Å². The van der Waals surface area contributed by atoms with Gasteiger partial charge in [-0.2, -0.15) is 5.10 Å². The zero-order valence-electron chi connectivity index (χ0n) is 15.8. The molecule has 0 bridgehead atoms. The molecule has 0 fully saturated rings. The Kier molecular flexibility index (Phi) is 5.10. The highest BCUT2D eigenvalue weighted by Gasteiger charge is 2.12. The second-order valence-corrected chi connectivity index (χ2v) is 6.61. The molecule has 0 radical (unpaired) electrons. The summed E-state index contributed by atoms with van der Waals surface area (Å²) in [5.74, 6) is -0.167. The van der Waals surface area contributed by atoms with Crippen molar-refractivity contribution in [1.82, 2.24) is 35.1 Å². The summed E-state index contributed by atoms with van der Waals surface area (Å²) in [5, 5.41) is 15.5. The minimum Gasteiger partial charge on any atom is -0.350 e. The topological polar surface area (TPSA) is 108 Å². The predicted molar refractivity (Wildman–Crippen MR) is 106 cm³/mol. The van der Waals surface area contributed by atoms with Crippen molar-refractivity contribution in [1.29, 1.82) is 0 Å². The third-order valence-corrected chi connectivity index (χ3v) is 4.63. The number of aryl methyl sites for hydroxylation is 1. The van der Waals surface area contributed by atoms with E-state index in [4.69, 9.17) is 0 Å². The van der Waals surface area contributed by atoms with Crippen molar-refractivity contribution in [2.24, 2.45) is 0 Å². The summed E-state index contributed by atoms with van der Waals surface area (Å²) in [6.07, 6.45) is 3.23. The summed E-state index contributed by atoms with van der Waals surface area (Å²) in [6, 6.07) is 14.5. The molecule has 1 atom stereocenters. The van der Waals surface area contributed by atoms with Gasteiger partial charge in [-0.1, -0.05) is 29.5 Å². The van der Waals surface area contributed by atoms with Crippen LogP contribution in [0.25, 0.3) is 16.6 Å². The van der Waals surface area contributed by atoms with Crippen LogP contribution in [0.3, 0.4) is 0 Å². The Hall–Kier alpha value is -3.88. The smallest absolute Gasteiger partial charge is 0.277 e. The molecule has 29 heavy (non-hydrogen) atoms. The summed E-state index contributed by atoms with van der Waals surface area (Å²) in [6.45, 7) is 2.07. The molecule has 0 aliphatic carbocycles. The Bertz CT molecular complexity index is 1180. The van der Waals surface area contributed by atoms with Gasteiger partial charge in [0.05, 0.1) is 23.7 Å². The van der Waals surface area contributed by atoms with Crippen molar-refractivity contribution in [3.05, 3.63) is 77.1 Å². The highest BCUT2D eigenvalue weighted by molar-refractivity contribution is 5.77. The second-order valence-electron chi connectivity index (χ2n) is 6.61. The number of carbonyl (C=O) groups excluding carboxylic acids is 1. The Balaban J connectivity index is 1.37. The molecular formula is C20H19N7O2. The van der Waals surface area contributed by atoms with E-state index in [1.165, 1.54) is 11.0 Å². The van der Waals surface area contributed by atoms with E-state index in [9.17, 15) is 9.59 Å². The molecule has 1 amide bonds. The Morgan fingerprint density at radius 1 is 1.14 bits per heavy atom. The summed E-state index contributed by atoms with van der Waals surface area (Å²) in [7, 11) is 0. The number of nitrogens with zero attached hydrogens (tertiary/aromatic N) is 6. The van der Waals surface area contributed by atoms with Crippen LogP contribution in [0.1, 0.15) is 24.9 Å². The molecule has 2 aromatic heterocycles. The van der Waals surface area contributed by atoms with E-state index in [-0.39, 0.29) is 30.5 Å². The van der Waals surface area contributed by atoms with Crippen LogP contribution in [0.2, 0.25) is 0 Å². The van der Waals surface area contributed by atoms with Crippen LogP contribution < -0.4 is 10.9 Å². The van der Waals surface area contributed by atoms with Gasteiger partial charge >= 0.3 is 0 Å². The van der Waals surface area contributed by atoms with Gasteiger partial charge in [0, 0.05) is 6.42 Å². The van der Waals surface area contributed by atoms with E-state index in [1.54, 1.807) is 35.3 Å². The van der Waals surface area contributed by atoms with Crippen molar-refractivity contribution in [3.63, 3.8) is 0 Å². The molecule has 4 aromatic rings. The minimum atomic E-state index is -0.250. The fourth-order valence-corrected chi connectivity index (χ4v) is 3.03. The lowest BCUT2D eigenvalue weighted by atomic mass is 10.1. The Morgan fingerprint density at radius 2 is 1.93 bits per heavy atom. The molecule has 1 N–H and O–H groups in total. The molecule has 4 rings (SSSR count). The van der Waals surface area contributed by atoms with E-state index in [2.05, 4.69) is 25.7 Å². The summed E-state index contributed by atoms with van der Waals surface area (Å²) in [5.41, 5.74) is 2.14. The number of aromatic nitrogens is 6. The standard InChI is InChI=1S/C20H19N7O2/c1-14(15-6-8-16(9-7-15)27-13-21-12-22-27)23-19(28)10-11-26-20(29)17-4-2-3-5-18(17)24-25-26/h2-9,12-14H,10-11H2,1H3,(H,23,28). The van der Waals surface area contributed by atoms with Gasteiger partial charge in [0.2, 0.25) is 5.91 Å². The van der Waals surface area contributed by atoms with Gasteiger partial charge in [-0.3, -0.25) is 9.59 Å². The molecule has 2 aromatic carbocycles. The number of benzene rings is 2. The number of rotatable bonds is 6. The number of nitrogens with one attached hydrogen (secondary N) is 1. The zero-order chi connectivity index (χ0) is 20.2. The Morgan fingerprint density at radius 3 is 2.69 bits per heavy atom. The normalized spacial score (nSPS) is 12.0. The van der Waals surface area contributed by atoms with E-state index < -0.39 is 0 Å². The van der Waals surface area contributed by atoms with Crippen LogP contribution in [0.4, 0.5) is 0 Å². The number of hydrogen-bond acceptors (Lipinski definition) is 6. The van der Waals surface area contributed by atoms with Crippen molar-refractivity contribution in [2.45, 2.75) is 25.9 Å². The zero-order valence-corrected chi connectivity index (χ0v) is 15.8. The quantitative estimate of drug-likeness (QED) is 0.537. The van der Waals surface area contributed by atoms with Crippen molar-refractivity contribution >= 4 is 16.8 Å². The maximum atomic E-state index is 12.4. The van der Waals surface area contributed by atoms with Gasteiger partial charge < -0.3 is 5.32 Å². The summed E-state index contributed by atoms with van der Waals surface area (Å²) < 4.78 is 2.88. The first-order valence-corrected chi connectivity index (χ1v) is 9.19. The van der Waals surface area contributed by atoms with Gasteiger partial charge in [-0.15, -0.1) is 5.10 Å². The fraction of sp³-hybridized carbons (Fsp3) is 0.200. The number of fused-ring (bicyclic) bond motifs is 1. The maximum Gasteiger partial charge on any atom is 0.277 e. The van der Waals surface area contributed by atoms with Crippen LogP contribution in [0.15, 0.2) is 66.0 Å². The van der Waals surface area contributed by atoms with E-state index >= 15 is 0 Å². The first-order chi connectivity index (χ1) is 14.1. The van der Waals surface area contributed by atoms with Crippen molar-refractivity contribution in [3.8, 4) is 5.69 Å².